The Hall–Kier alpha value is -1.92. The molecule has 2 aromatic rings. The van der Waals surface area contributed by atoms with Crippen LogP contribution in [-0.4, -0.2) is 77.4 Å². The fourth-order valence-electron chi connectivity index (χ4n) is 3.61. The van der Waals surface area contributed by atoms with Crippen molar-refractivity contribution in [2.75, 3.05) is 26.4 Å². The maximum atomic E-state index is 12.0. The molecule has 3 rings (SSSR count). The Morgan fingerprint density at radius 3 is 2.29 bits per heavy atom. The van der Waals surface area contributed by atoms with Crippen molar-refractivity contribution in [1.29, 1.82) is 0 Å². The number of halogens is 4. The van der Waals surface area contributed by atoms with Gasteiger partial charge in [0.15, 0.2) is 0 Å². The number of benzene rings is 2. The highest BCUT2D eigenvalue weighted by molar-refractivity contribution is 6.31. The minimum absolute atomic E-state index is 0.0254. The van der Waals surface area contributed by atoms with Crippen molar-refractivity contribution in [3.8, 4) is 5.75 Å². The van der Waals surface area contributed by atoms with E-state index in [2.05, 4.69) is 4.74 Å². The Bertz CT molecular complexity index is 924. The zero-order chi connectivity index (χ0) is 24.9. The molecule has 4 N–H and O–H groups in total. The van der Waals surface area contributed by atoms with Crippen LogP contribution in [0.5, 0.6) is 5.75 Å². The van der Waals surface area contributed by atoms with Crippen molar-refractivity contribution in [2.45, 2.75) is 43.1 Å². The van der Waals surface area contributed by atoms with E-state index in [-0.39, 0.29) is 13.2 Å². The van der Waals surface area contributed by atoms with Gasteiger partial charge in [0.25, 0.3) is 0 Å². The molecule has 188 valence electrons. The first-order chi connectivity index (χ1) is 16.1. The van der Waals surface area contributed by atoms with Crippen LogP contribution in [0, 0.1) is 0 Å². The van der Waals surface area contributed by atoms with Gasteiger partial charge in [0, 0.05) is 5.02 Å². The van der Waals surface area contributed by atoms with E-state index in [1.807, 2.05) is 0 Å². The van der Waals surface area contributed by atoms with Crippen LogP contribution in [0.1, 0.15) is 22.8 Å². The molecular weight excluding hydrogens is 481 g/mol. The second-order valence-corrected chi connectivity index (χ2v) is 8.34. The van der Waals surface area contributed by atoms with Gasteiger partial charge in [-0.3, -0.25) is 0 Å². The second-order valence-electron chi connectivity index (χ2n) is 7.94. The molecule has 0 bridgehead atoms. The lowest BCUT2D eigenvalue weighted by molar-refractivity contribution is -0.231. The van der Waals surface area contributed by atoms with Gasteiger partial charge in [0.1, 0.15) is 49.5 Å². The van der Waals surface area contributed by atoms with Crippen molar-refractivity contribution in [2.24, 2.45) is 0 Å². The normalized spacial score (nSPS) is 25.4. The molecule has 34 heavy (non-hydrogen) atoms. The lowest BCUT2D eigenvalue weighted by atomic mass is 9.90. The molecule has 0 aromatic heterocycles. The van der Waals surface area contributed by atoms with Crippen LogP contribution in [0.2, 0.25) is 5.02 Å². The first-order valence-electron chi connectivity index (χ1n) is 10.5. The third kappa shape index (κ3) is 7.05. The average molecular weight is 507 g/mol. The maximum Gasteiger partial charge on any atom is 0.411 e. The van der Waals surface area contributed by atoms with Crippen molar-refractivity contribution in [1.82, 2.24) is 0 Å². The predicted molar refractivity (Wildman–Crippen MR) is 116 cm³/mol. The van der Waals surface area contributed by atoms with Gasteiger partial charge in [-0.05, 0) is 41.3 Å². The molecule has 11 heteroatoms. The predicted octanol–water partition coefficient (Wildman–Crippen LogP) is 2.40. The van der Waals surface area contributed by atoms with Crippen LogP contribution in [0.3, 0.4) is 0 Å². The highest BCUT2D eigenvalue weighted by atomic mass is 35.5. The Balaban J connectivity index is 1.62. The quantitative estimate of drug-likeness (QED) is 0.387. The largest absolute Gasteiger partial charge is 0.491 e. The van der Waals surface area contributed by atoms with Crippen LogP contribution in [0.25, 0.3) is 0 Å². The summed E-state index contributed by atoms with van der Waals surface area (Å²) in [5, 5.41) is 40.3. The van der Waals surface area contributed by atoms with Gasteiger partial charge in [-0.2, -0.15) is 13.2 Å². The van der Waals surface area contributed by atoms with Crippen molar-refractivity contribution < 1.29 is 47.8 Å². The van der Waals surface area contributed by atoms with Gasteiger partial charge < -0.3 is 34.6 Å². The van der Waals surface area contributed by atoms with Gasteiger partial charge in [0.2, 0.25) is 0 Å². The molecule has 0 aliphatic carbocycles. The molecule has 7 nitrogen and oxygen atoms in total. The number of aliphatic hydroxyl groups excluding tert-OH is 4. The zero-order valence-corrected chi connectivity index (χ0v) is 18.7. The summed E-state index contributed by atoms with van der Waals surface area (Å²) in [7, 11) is 0. The minimum Gasteiger partial charge on any atom is -0.491 e. The topological polar surface area (TPSA) is 109 Å². The molecule has 2 aromatic carbocycles. The lowest BCUT2D eigenvalue weighted by Crippen LogP contribution is -2.55. The van der Waals surface area contributed by atoms with E-state index in [4.69, 9.17) is 21.1 Å². The molecule has 0 unspecified atom stereocenters. The molecular formula is C23H26ClF3O7. The van der Waals surface area contributed by atoms with Crippen LogP contribution in [0.15, 0.2) is 42.5 Å². The molecule has 5 atom stereocenters. The van der Waals surface area contributed by atoms with Crippen molar-refractivity contribution >= 4 is 11.6 Å². The first kappa shape index (κ1) is 26.7. The number of rotatable bonds is 9. The summed E-state index contributed by atoms with van der Waals surface area (Å²) < 4.78 is 51.6. The van der Waals surface area contributed by atoms with Crippen LogP contribution in [-0.2, 0) is 15.9 Å². The van der Waals surface area contributed by atoms with E-state index in [9.17, 15) is 33.6 Å². The second kappa shape index (κ2) is 11.7. The highest BCUT2D eigenvalue weighted by Gasteiger charge is 2.44. The van der Waals surface area contributed by atoms with Gasteiger partial charge >= 0.3 is 6.18 Å². The third-order valence-corrected chi connectivity index (χ3v) is 5.74. The fraction of sp³-hybridized carbons (Fsp3) is 0.478. The van der Waals surface area contributed by atoms with E-state index < -0.39 is 49.9 Å². The Kier molecular flexibility index (Phi) is 9.16. The summed E-state index contributed by atoms with van der Waals surface area (Å²) in [6.07, 6.45) is -10.3. The van der Waals surface area contributed by atoms with Crippen LogP contribution >= 0.6 is 11.6 Å². The van der Waals surface area contributed by atoms with E-state index in [0.717, 1.165) is 5.56 Å². The van der Waals surface area contributed by atoms with E-state index in [0.29, 0.717) is 28.3 Å². The van der Waals surface area contributed by atoms with Gasteiger partial charge in [-0.1, -0.05) is 35.9 Å². The van der Waals surface area contributed by atoms with Gasteiger partial charge in [-0.15, -0.1) is 0 Å². The summed E-state index contributed by atoms with van der Waals surface area (Å²) in [5.74, 6) is 0.473. The standard InChI is InChI=1S/C23H26ClF3O7/c24-17-6-3-14(22-21(31)20(30)19(29)18(11-28)34-22)10-15(17)9-13-1-4-16(5-2-13)33-8-7-32-12-23(25,26)27/h1-6,10,18-22,28-31H,7-9,11-12H2/t18-,19-,20+,21-,22+/m1/s1. The maximum absolute atomic E-state index is 12.0. The monoisotopic (exact) mass is 506 g/mol. The molecule has 0 amide bonds. The lowest BCUT2D eigenvalue weighted by Gasteiger charge is -2.40. The summed E-state index contributed by atoms with van der Waals surface area (Å²) in [6, 6.07) is 11.9. The molecule has 1 aliphatic heterocycles. The molecule has 0 spiro atoms. The zero-order valence-electron chi connectivity index (χ0n) is 18.0. The summed E-state index contributed by atoms with van der Waals surface area (Å²) in [4.78, 5) is 0. The number of ether oxygens (including phenoxy) is 3. The summed E-state index contributed by atoms with van der Waals surface area (Å²) >= 11 is 6.34. The highest BCUT2D eigenvalue weighted by Crippen LogP contribution is 2.34. The third-order valence-electron chi connectivity index (χ3n) is 5.37. The molecule has 1 aliphatic rings. The Labute approximate surface area is 199 Å². The number of hydrogen-bond acceptors (Lipinski definition) is 7. The van der Waals surface area contributed by atoms with Crippen molar-refractivity contribution in [3.63, 3.8) is 0 Å². The summed E-state index contributed by atoms with van der Waals surface area (Å²) in [6.45, 7) is -2.06. The fourth-order valence-corrected chi connectivity index (χ4v) is 3.80. The summed E-state index contributed by atoms with van der Waals surface area (Å²) in [5.41, 5.74) is 2.11. The molecule has 1 fully saturated rings. The van der Waals surface area contributed by atoms with E-state index in [1.165, 1.54) is 0 Å². The molecule has 1 heterocycles. The van der Waals surface area contributed by atoms with Gasteiger partial charge in [-0.25, -0.2) is 0 Å². The minimum atomic E-state index is -4.37. The smallest absolute Gasteiger partial charge is 0.411 e. The van der Waals surface area contributed by atoms with Crippen LogP contribution < -0.4 is 4.74 Å². The first-order valence-corrected chi connectivity index (χ1v) is 10.9. The Morgan fingerprint density at radius 2 is 1.65 bits per heavy atom. The van der Waals surface area contributed by atoms with Gasteiger partial charge in [0.05, 0.1) is 13.2 Å². The number of aliphatic hydroxyl groups is 4. The molecule has 0 radical (unpaired) electrons. The molecule has 1 saturated heterocycles. The van der Waals surface area contributed by atoms with E-state index >= 15 is 0 Å². The number of alkyl halides is 3. The molecule has 0 saturated carbocycles. The number of hydrogen-bond donors (Lipinski definition) is 4. The average Bonchev–Trinajstić information content (AvgIpc) is 2.79. The SMILES string of the molecule is OC[C@H]1O[C@@H](c2ccc(Cl)c(Cc3ccc(OCCOCC(F)(F)F)cc3)c2)[C@H](O)[C@@H](O)[C@@H]1O. The van der Waals surface area contributed by atoms with E-state index in [1.54, 1.807) is 42.5 Å². The Morgan fingerprint density at radius 1 is 0.941 bits per heavy atom. The van der Waals surface area contributed by atoms with Crippen molar-refractivity contribution in [3.05, 3.63) is 64.2 Å². The van der Waals surface area contributed by atoms with Crippen LogP contribution in [0.4, 0.5) is 13.2 Å².